The van der Waals surface area contributed by atoms with E-state index in [0.29, 0.717) is 17.9 Å². The first-order valence-electron chi connectivity index (χ1n) is 5.28. The maximum atomic E-state index is 11.9. The highest BCUT2D eigenvalue weighted by Crippen LogP contribution is 2.09. The molecule has 0 radical (unpaired) electrons. The van der Waals surface area contributed by atoms with Crippen molar-refractivity contribution < 1.29 is 4.79 Å². The van der Waals surface area contributed by atoms with Crippen LogP contribution < -0.4 is 11.1 Å². The first-order chi connectivity index (χ1) is 8.69. The SMILES string of the molecule is NCc1ccc(C(=O)Nc2ccnc(Cl)n2)cc1. The zero-order chi connectivity index (χ0) is 13.0. The predicted molar refractivity (Wildman–Crippen MR) is 69.3 cm³/mol. The first kappa shape index (κ1) is 12.5. The van der Waals surface area contributed by atoms with E-state index in [2.05, 4.69) is 15.3 Å². The first-order valence-corrected chi connectivity index (χ1v) is 5.66. The molecule has 0 bridgehead atoms. The highest BCUT2D eigenvalue weighted by Gasteiger charge is 2.06. The summed E-state index contributed by atoms with van der Waals surface area (Å²) in [5.41, 5.74) is 6.98. The molecule has 1 amide bonds. The number of nitrogens with one attached hydrogen (secondary N) is 1. The molecule has 0 aliphatic heterocycles. The van der Waals surface area contributed by atoms with Crippen LogP contribution in [0.25, 0.3) is 0 Å². The van der Waals surface area contributed by atoms with Crippen molar-refractivity contribution in [3.05, 3.63) is 52.9 Å². The molecule has 0 spiro atoms. The quantitative estimate of drug-likeness (QED) is 0.827. The van der Waals surface area contributed by atoms with Gasteiger partial charge >= 0.3 is 0 Å². The van der Waals surface area contributed by atoms with Crippen molar-refractivity contribution in [3.63, 3.8) is 0 Å². The summed E-state index contributed by atoms with van der Waals surface area (Å²) >= 11 is 5.63. The second-order valence-corrected chi connectivity index (χ2v) is 3.90. The Bertz CT molecular complexity index is 556. The van der Waals surface area contributed by atoms with Crippen LogP contribution in [0.1, 0.15) is 15.9 Å². The van der Waals surface area contributed by atoms with Crippen LogP contribution >= 0.6 is 11.6 Å². The second kappa shape index (κ2) is 5.57. The number of hydrogen-bond acceptors (Lipinski definition) is 4. The van der Waals surface area contributed by atoms with Crippen molar-refractivity contribution in [1.82, 2.24) is 9.97 Å². The number of amides is 1. The fourth-order valence-corrected chi connectivity index (χ4v) is 1.53. The van der Waals surface area contributed by atoms with E-state index in [0.717, 1.165) is 5.56 Å². The van der Waals surface area contributed by atoms with Crippen molar-refractivity contribution >= 4 is 23.3 Å². The van der Waals surface area contributed by atoms with E-state index in [1.54, 1.807) is 18.2 Å². The Hall–Kier alpha value is -1.98. The molecule has 1 aromatic heterocycles. The van der Waals surface area contributed by atoms with Gasteiger partial charge in [0.2, 0.25) is 5.28 Å². The number of rotatable bonds is 3. The third-order valence-electron chi connectivity index (χ3n) is 2.32. The van der Waals surface area contributed by atoms with Crippen molar-refractivity contribution in [1.29, 1.82) is 0 Å². The Morgan fingerprint density at radius 2 is 2.00 bits per heavy atom. The number of carbonyl (C=O) groups excluding carboxylic acids is 1. The number of halogens is 1. The van der Waals surface area contributed by atoms with Crippen LogP contribution in [0.2, 0.25) is 5.28 Å². The van der Waals surface area contributed by atoms with Crippen molar-refractivity contribution in [3.8, 4) is 0 Å². The Morgan fingerprint density at radius 3 is 2.61 bits per heavy atom. The van der Waals surface area contributed by atoms with Gasteiger partial charge in [0, 0.05) is 18.3 Å². The molecule has 0 fully saturated rings. The van der Waals surface area contributed by atoms with Gasteiger partial charge in [0.15, 0.2) is 0 Å². The Balaban J connectivity index is 2.11. The third-order valence-corrected chi connectivity index (χ3v) is 2.50. The molecule has 1 heterocycles. The highest BCUT2D eigenvalue weighted by atomic mass is 35.5. The summed E-state index contributed by atoms with van der Waals surface area (Å²) in [6, 6.07) is 8.60. The summed E-state index contributed by atoms with van der Waals surface area (Å²) in [5.74, 6) is 0.108. The molecule has 0 saturated carbocycles. The maximum Gasteiger partial charge on any atom is 0.256 e. The van der Waals surface area contributed by atoms with Crippen LogP contribution in [0.15, 0.2) is 36.5 Å². The van der Waals surface area contributed by atoms with Crippen LogP contribution in [0.5, 0.6) is 0 Å². The molecular weight excluding hydrogens is 252 g/mol. The monoisotopic (exact) mass is 262 g/mol. The normalized spacial score (nSPS) is 10.1. The van der Waals surface area contributed by atoms with Gasteiger partial charge in [0.05, 0.1) is 0 Å². The summed E-state index contributed by atoms with van der Waals surface area (Å²) in [6.07, 6.45) is 1.47. The molecule has 0 aliphatic carbocycles. The average molecular weight is 263 g/mol. The van der Waals surface area contributed by atoms with Crippen LogP contribution in [-0.4, -0.2) is 15.9 Å². The minimum atomic E-state index is -0.256. The topological polar surface area (TPSA) is 80.9 Å². The van der Waals surface area contributed by atoms with Gasteiger partial charge in [0.25, 0.3) is 5.91 Å². The largest absolute Gasteiger partial charge is 0.326 e. The summed E-state index contributed by atoms with van der Waals surface area (Å²) < 4.78 is 0. The van der Waals surface area contributed by atoms with E-state index in [1.807, 2.05) is 12.1 Å². The molecule has 0 atom stereocenters. The molecule has 0 aliphatic rings. The van der Waals surface area contributed by atoms with Gasteiger partial charge in [-0.1, -0.05) is 12.1 Å². The number of benzene rings is 1. The number of nitrogens with zero attached hydrogens (tertiary/aromatic N) is 2. The lowest BCUT2D eigenvalue weighted by molar-refractivity contribution is 0.102. The maximum absolute atomic E-state index is 11.9. The average Bonchev–Trinajstić information content (AvgIpc) is 2.39. The molecule has 3 N–H and O–H groups in total. The lowest BCUT2D eigenvalue weighted by Gasteiger charge is -2.04. The highest BCUT2D eigenvalue weighted by molar-refractivity contribution is 6.28. The zero-order valence-corrected chi connectivity index (χ0v) is 10.2. The molecule has 2 aromatic rings. The van der Waals surface area contributed by atoms with Gasteiger partial charge in [-0.3, -0.25) is 4.79 Å². The van der Waals surface area contributed by atoms with Crippen LogP contribution in [0, 0.1) is 0 Å². The van der Waals surface area contributed by atoms with Crippen LogP contribution in [0.4, 0.5) is 5.82 Å². The van der Waals surface area contributed by atoms with Crippen molar-refractivity contribution in [2.24, 2.45) is 5.73 Å². The number of nitrogens with two attached hydrogens (primary N) is 1. The molecule has 6 heteroatoms. The second-order valence-electron chi connectivity index (χ2n) is 3.57. The van der Waals surface area contributed by atoms with Gasteiger partial charge in [-0.05, 0) is 35.4 Å². The van der Waals surface area contributed by atoms with E-state index in [1.165, 1.54) is 6.20 Å². The lowest BCUT2D eigenvalue weighted by Crippen LogP contribution is -2.13. The van der Waals surface area contributed by atoms with Gasteiger partial charge < -0.3 is 11.1 Å². The van der Waals surface area contributed by atoms with Gasteiger partial charge in [-0.15, -0.1) is 0 Å². The van der Waals surface area contributed by atoms with Crippen molar-refractivity contribution in [2.45, 2.75) is 6.54 Å². The zero-order valence-electron chi connectivity index (χ0n) is 9.43. The molecule has 0 saturated heterocycles. The standard InChI is InChI=1S/C12H11ClN4O/c13-12-15-6-5-10(17-12)16-11(18)9-3-1-8(7-14)2-4-9/h1-6H,7,14H2,(H,15,16,17,18). The van der Waals surface area contributed by atoms with E-state index >= 15 is 0 Å². The molecular formula is C12H11ClN4O. The van der Waals surface area contributed by atoms with E-state index < -0.39 is 0 Å². The number of carbonyl (C=O) groups is 1. The minimum absolute atomic E-state index is 0.0891. The van der Waals surface area contributed by atoms with Crippen LogP contribution in [0.3, 0.4) is 0 Å². The molecule has 92 valence electrons. The smallest absolute Gasteiger partial charge is 0.256 e. The van der Waals surface area contributed by atoms with E-state index in [-0.39, 0.29) is 11.2 Å². The predicted octanol–water partition coefficient (Wildman–Crippen LogP) is 1.84. The Kier molecular flexibility index (Phi) is 3.86. The Morgan fingerprint density at radius 1 is 1.28 bits per heavy atom. The summed E-state index contributed by atoms with van der Waals surface area (Å²) in [7, 11) is 0. The third kappa shape index (κ3) is 3.03. The van der Waals surface area contributed by atoms with Gasteiger partial charge in [-0.2, -0.15) is 0 Å². The van der Waals surface area contributed by atoms with Gasteiger partial charge in [0.1, 0.15) is 5.82 Å². The summed E-state index contributed by atoms with van der Waals surface area (Å²) in [5, 5.41) is 2.72. The van der Waals surface area contributed by atoms with E-state index in [9.17, 15) is 4.79 Å². The molecule has 1 aromatic carbocycles. The number of hydrogen-bond donors (Lipinski definition) is 2. The fourth-order valence-electron chi connectivity index (χ4n) is 1.39. The molecule has 0 unspecified atom stereocenters. The molecule has 2 rings (SSSR count). The number of anilines is 1. The van der Waals surface area contributed by atoms with E-state index in [4.69, 9.17) is 17.3 Å². The number of aromatic nitrogens is 2. The summed E-state index contributed by atoms with van der Waals surface area (Å²) in [6.45, 7) is 0.448. The van der Waals surface area contributed by atoms with Crippen molar-refractivity contribution in [2.75, 3.05) is 5.32 Å². The minimum Gasteiger partial charge on any atom is -0.326 e. The van der Waals surface area contributed by atoms with Crippen LogP contribution in [-0.2, 0) is 6.54 Å². The lowest BCUT2D eigenvalue weighted by atomic mass is 10.1. The molecule has 18 heavy (non-hydrogen) atoms. The Labute approximate surface area is 109 Å². The summed E-state index contributed by atoms with van der Waals surface area (Å²) in [4.78, 5) is 19.5. The fraction of sp³-hybridized carbons (Fsp3) is 0.0833. The van der Waals surface area contributed by atoms with Gasteiger partial charge in [-0.25, -0.2) is 9.97 Å². The molecule has 5 nitrogen and oxygen atoms in total.